The number of aromatic amines is 1. The fourth-order valence-corrected chi connectivity index (χ4v) is 2.53. The summed E-state index contributed by atoms with van der Waals surface area (Å²) in [6.45, 7) is 3.06. The molecule has 19 heavy (non-hydrogen) atoms. The highest BCUT2D eigenvalue weighted by Crippen LogP contribution is 2.30. The molecule has 2 rings (SSSR count). The van der Waals surface area contributed by atoms with Crippen LogP contribution in [-0.2, 0) is 11.3 Å². The Labute approximate surface area is 125 Å². The molecule has 1 aliphatic rings. The number of nitrogens with one attached hydrogen (secondary N) is 2. The number of aryl methyl sites for hydroxylation is 1. The summed E-state index contributed by atoms with van der Waals surface area (Å²) in [6, 6.07) is 0. The summed E-state index contributed by atoms with van der Waals surface area (Å²) in [5.41, 5.74) is 7.59. The van der Waals surface area contributed by atoms with Crippen molar-refractivity contribution in [2.45, 2.75) is 32.7 Å². The van der Waals surface area contributed by atoms with Crippen molar-refractivity contribution in [1.82, 2.24) is 15.3 Å². The predicted octanol–water partition coefficient (Wildman–Crippen LogP) is 1.55. The van der Waals surface area contributed by atoms with Crippen molar-refractivity contribution in [3.63, 3.8) is 0 Å². The van der Waals surface area contributed by atoms with Crippen LogP contribution in [0.15, 0.2) is 6.33 Å². The van der Waals surface area contributed by atoms with Crippen LogP contribution in [0.5, 0.6) is 0 Å². The molecule has 0 bridgehead atoms. The first-order chi connectivity index (χ1) is 8.22. The van der Waals surface area contributed by atoms with Crippen molar-refractivity contribution >= 4 is 30.7 Å². The standard InChI is InChI=1S/C12H20N4O.2ClH/c1-8-11(16-7-15-8)6-14-12(17)10-4-2-3-9(10)5-13;;/h7,9-10H,2-6,13H2,1H3,(H,14,17)(H,15,16);2*1H/t9-,10-;;/m1../s1. The van der Waals surface area contributed by atoms with Crippen molar-refractivity contribution in [3.05, 3.63) is 17.7 Å². The number of hydrogen-bond donors (Lipinski definition) is 3. The van der Waals surface area contributed by atoms with Gasteiger partial charge >= 0.3 is 0 Å². The molecule has 110 valence electrons. The van der Waals surface area contributed by atoms with E-state index in [9.17, 15) is 4.79 Å². The van der Waals surface area contributed by atoms with Gasteiger partial charge in [-0.05, 0) is 32.2 Å². The lowest BCUT2D eigenvalue weighted by atomic mass is 9.95. The Balaban J connectivity index is 0.00000162. The molecule has 1 heterocycles. The predicted molar refractivity (Wildman–Crippen MR) is 79.6 cm³/mol. The van der Waals surface area contributed by atoms with Crippen molar-refractivity contribution in [3.8, 4) is 0 Å². The van der Waals surface area contributed by atoms with Gasteiger partial charge in [0.15, 0.2) is 0 Å². The third-order valence-corrected chi connectivity index (χ3v) is 3.66. The SMILES string of the molecule is Cc1[nH]cnc1CNC(=O)[C@@H]1CCC[C@@H]1CN.Cl.Cl. The first kappa shape index (κ1) is 18.2. The van der Waals surface area contributed by atoms with Crippen LogP contribution in [0.25, 0.3) is 0 Å². The number of carbonyl (C=O) groups excluding carboxylic acids is 1. The fraction of sp³-hybridized carbons (Fsp3) is 0.667. The molecule has 0 aliphatic heterocycles. The van der Waals surface area contributed by atoms with Crippen LogP contribution in [0.1, 0.15) is 30.7 Å². The van der Waals surface area contributed by atoms with Gasteiger partial charge in [-0.15, -0.1) is 24.8 Å². The number of hydrogen-bond acceptors (Lipinski definition) is 3. The molecule has 0 saturated heterocycles. The Bertz CT molecular complexity index is 397. The Kier molecular flexibility index (Phi) is 8.06. The number of nitrogens with two attached hydrogens (primary N) is 1. The first-order valence-electron chi connectivity index (χ1n) is 6.19. The maximum Gasteiger partial charge on any atom is 0.223 e. The zero-order valence-electron chi connectivity index (χ0n) is 11.0. The van der Waals surface area contributed by atoms with Crippen LogP contribution in [0.3, 0.4) is 0 Å². The fourth-order valence-electron chi connectivity index (χ4n) is 2.53. The molecule has 1 aromatic heterocycles. The summed E-state index contributed by atoms with van der Waals surface area (Å²) in [4.78, 5) is 19.2. The van der Waals surface area contributed by atoms with Crippen LogP contribution in [-0.4, -0.2) is 22.4 Å². The van der Waals surface area contributed by atoms with Gasteiger partial charge < -0.3 is 16.0 Å². The summed E-state index contributed by atoms with van der Waals surface area (Å²) >= 11 is 0. The molecule has 1 saturated carbocycles. The van der Waals surface area contributed by atoms with E-state index in [4.69, 9.17) is 5.73 Å². The molecule has 7 heteroatoms. The lowest BCUT2D eigenvalue weighted by Crippen LogP contribution is -2.34. The molecule has 0 unspecified atom stereocenters. The summed E-state index contributed by atoms with van der Waals surface area (Å²) in [6.07, 6.45) is 4.81. The average Bonchev–Trinajstić information content (AvgIpc) is 2.94. The second-order valence-electron chi connectivity index (χ2n) is 4.73. The number of carbonyl (C=O) groups is 1. The quantitative estimate of drug-likeness (QED) is 0.789. The van der Waals surface area contributed by atoms with Gasteiger partial charge in [-0.1, -0.05) is 6.42 Å². The number of halogens is 2. The average molecular weight is 309 g/mol. The van der Waals surface area contributed by atoms with Gasteiger partial charge in [0.25, 0.3) is 0 Å². The number of nitrogens with zero attached hydrogens (tertiary/aromatic N) is 1. The van der Waals surface area contributed by atoms with Gasteiger partial charge in [-0.3, -0.25) is 4.79 Å². The molecular weight excluding hydrogens is 287 g/mol. The summed E-state index contributed by atoms with van der Waals surface area (Å²) < 4.78 is 0. The van der Waals surface area contributed by atoms with Crippen LogP contribution < -0.4 is 11.1 Å². The molecule has 1 amide bonds. The molecule has 2 atom stereocenters. The van der Waals surface area contributed by atoms with Crippen molar-refractivity contribution < 1.29 is 4.79 Å². The van der Waals surface area contributed by atoms with Gasteiger partial charge in [0.1, 0.15) is 0 Å². The molecule has 0 radical (unpaired) electrons. The van der Waals surface area contributed by atoms with Crippen LogP contribution in [0.2, 0.25) is 0 Å². The highest BCUT2D eigenvalue weighted by molar-refractivity contribution is 5.85. The van der Waals surface area contributed by atoms with Crippen LogP contribution in [0, 0.1) is 18.8 Å². The number of amides is 1. The first-order valence-corrected chi connectivity index (χ1v) is 6.19. The Morgan fingerprint density at radius 3 is 2.84 bits per heavy atom. The zero-order chi connectivity index (χ0) is 12.3. The highest BCUT2D eigenvalue weighted by Gasteiger charge is 2.31. The number of aromatic nitrogens is 2. The topological polar surface area (TPSA) is 83.8 Å². The van der Waals surface area contributed by atoms with Gasteiger partial charge in [0.05, 0.1) is 18.6 Å². The second-order valence-corrected chi connectivity index (χ2v) is 4.73. The smallest absolute Gasteiger partial charge is 0.223 e. The van der Waals surface area contributed by atoms with E-state index in [1.165, 1.54) is 0 Å². The van der Waals surface area contributed by atoms with Crippen molar-refractivity contribution in [1.29, 1.82) is 0 Å². The Hall–Kier alpha value is -0.780. The molecule has 4 N–H and O–H groups in total. The lowest BCUT2D eigenvalue weighted by molar-refractivity contribution is -0.126. The maximum atomic E-state index is 12.0. The Morgan fingerprint density at radius 1 is 1.53 bits per heavy atom. The van der Waals surface area contributed by atoms with Crippen LogP contribution in [0.4, 0.5) is 0 Å². The van der Waals surface area contributed by atoms with Crippen molar-refractivity contribution in [2.75, 3.05) is 6.54 Å². The number of H-pyrrole nitrogens is 1. The summed E-state index contributed by atoms with van der Waals surface area (Å²) in [5.74, 6) is 0.579. The normalized spacial score (nSPS) is 21.4. The van der Waals surface area contributed by atoms with Crippen molar-refractivity contribution in [2.24, 2.45) is 17.6 Å². The lowest BCUT2D eigenvalue weighted by Gasteiger charge is -2.17. The number of imidazole rings is 1. The van der Waals surface area contributed by atoms with E-state index in [0.717, 1.165) is 30.7 Å². The van der Waals surface area contributed by atoms with E-state index in [2.05, 4.69) is 15.3 Å². The number of rotatable bonds is 4. The minimum Gasteiger partial charge on any atom is -0.350 e. The van der Waals surface area contributed by atoms with Crippen LogP contribution >= 0.6 is 24.8 Å². The third kappa shape index (κ3) is 4.37. The van der Waals surface area contributed by atoms with E-state index in [1.807, 2.05) is 6.92 Å². The van der Waals surface area contributed by atoms with Gasteiger partial charge in [-0.2, -0.15) is 0 Å². The van der Waals surface area contributed by atoms with E-state index in [-0.39, 0.29) is 36.6 Å². The van der Waals surface area contributed by atoms with Gasteiger partial charge in [-0.25, -0.2) is 4.98 Å². The molecular formula is C12H22Cl2N4O. The Morgan fingerprint density at radius 2 is 2.26 bits per heavy atom. The van der Waals surface area contributed by atoms with E-state index >= 15 is 0 Å². The minimum absolute atomic E-state index is 0. The second kappa shape index (κ2) is 8.40. The minimum atomic E-state index is 0. The zero-order valence-corrected chi connectivity index (χ0v) is 12.6. The van der Waals surface area contributed by atoms with Gasteiger partial charge in [0, 0.05) is 11.6 Å². The molecule has 1 aromatic rings. The molecule has 0 aromatic carbocycles. The summed E-state index contributed by atoms with van der Waals surface area (Å²) in [5, 5.41) is 2.96. The molecule has 5 nitrogen and oxygen atoms in total. The molecule has 1 fully saturated rings. The van der Waals surface area contributed by atoms with E-state index in [1.54, 1.807) is 6.33 Å². The van der Waals surface area contributed by atoms with Gasteiger partial charge in [0.2, 0.25) is 5.91 Å². The molecule has 0 spiro atoms. The molecule has 1 aliphatic carbocycles. The third-order valence-electron chi connectivity index (χ3n) is 3.66. The largest absolute Gasteiger partial charge is 0.350 e. The summed E-state index contributed by atoms with van der Waals surface area (Å²) in [7, 11) is 0. The highest BCUT2D eigenvalue weighted by atomic mass is 35.5. The van der Waals surface area contributed by atoms with E-state index in [0.29, 0.717) is 19.0 Å². The van der Waals surface area contributed by atoms with E-state index < -0.39 is 0 Å². The monoisotopic (exact) mass is 308 g/mol. The maximum absolute atomic E-state index is 12.0.